The normalized spacial score (nSPS) is 12.7. The zero-order valence-electron chi connectivity index (χ0n) is 10.2. The summed E-state index contributed by atoms with van der Waals surface area (Å²) >= 11 is 1.04. The molecule has 0 aliphatic heterocycles. The van der Waals surface area contributed by atoms with Gasteiger partial charge in [-0.05, 0) is 24.0 Å². The molecule has 1 aromatic carbocycles. The molecule has 0 aliphatic carbocycles. The van der Waals surface area contributed by atoms with Gasteiger partial charge in [-0.15, -0.1) is 5.10 Å². The van der Waals surface area contributed by atoms with Gasteiger partial charge in [-0.3, -0.25) is 0 Å². The van der Waals surface area contributed by atoms with Gasteiger partial charge in [0.25, 0.3) is 0 Å². The molecule has 0 spiro atoms. The van der Waals surface area contributed by atoms with Crippen molar-refractivity contribution in [3.63, 3.8) is 0 Å². The lowest BCUT2D eigenvalue weighted by Gasteiger charge is -2.12. The Labute approximate surface area is 112 Å². The number of hydrogen-bond donors (Lipinski definition) is 1. The van der Waals surface area contributed by atoms with Crippen molar-refractivity contribution in [2.24, 2.45) is 5.73 Å². The topological polar surface area (TPSA) is 51.8 Å². The van der Waals surface area contributed by atoms with Crippen LogP contribution in [-0.4, -0.2) is 9.59 Å². The van der Waals surface area contributed by atoms with Crippen LogP contribution in [0.2, 0.25) is 0 Å². The summed E-state index contributed by atoms with van der Waals surface area (Å²) in [6.07, 6.45) is 1.50. The number of nitrogens with zero attached hydrogens (tertiary/aromatic N) is 2. The van der Waals surface area contributed by atoms with Gasteiger partial charge in [0.2, 0.25) is 0 Å². The van der Waals surface area contributed by atoms with Crippen LogP contribution in [0.4, 0.5) is 13.2 Å². The molecule has 0 fully saturated rings. The SMILES string of the molecule is CCCc1nnsc1C(N)c1ccc(F)c(F)c1F. The van der Waals surface area contributed by atoms with E-state index in [1.807, 2.05) is 6.92 Å². The van der Waals surface area contributed by atoms with Gasteiger partial charge in [-0.25, -0.2) is 13.2 Å². The Hall–Kier alpha value is -1.47. The summed E-state index contributed by atoms with van der Waals surface area (Å²) in [4.78, 5) is 0.576. The molecule has 1 heterocycles. The standard InChI is InChI=1S/C12H12F3N3S/c1-2-3-8-12(19-18-17-8)11(16)6-4-5-7(13)10(15)9(6)14/h4-5,11H,2-3,16H2,1H3. The molecule has 2 rings (SSSR count). The van der Waals surface area contributed by atoms with Crippen LogP contribution in [0.15, 0.2) is 12.1 Å². The van der Waals surface area contributed by atoms with Crippen molar-refractivity contribution in [1.29, 1.82) is 0 Å². The van der Waals surface area contributed by atoms with Crippen LogP contribution >= 0.6 is 11.5 Å². The summed E-state index contributed by atoms with van der Waals surface area (Å²) in [6, 6.07) is 1.12. The van der Waals surface area contributed by atoms with E-state index < -0.39 is 23.5 Å². The summed E-state index contributed by atoms with van der Waals surface area (Å²) in [5.74, 6) is -4.00. The first-order valence-electron chi connectivity index (χ1n) is 5.76. The Balaban J connectivity index is 2.41. The Kier molecular flexibility index (Phi) is 4.16. The molecule has 102 valence electrons. The molecule has 0 saturated carbocycles. The third-order valence-electron chi connectivity index (χ3n) is 2.75. The van der Waals surface area contributed by atoms with Crippen LogP contribution in [0.5, 0.6) is 0 Å². The minimum atomic E-state index is -1.51. The molecular weight excluding hydrogens is 275 g/mol. The van der Waals surface area contributed by atoms with E-state index in [2.05, 4.69) is 9.59 Å². The van der Waals surface area contributed by atoms with Crippen molar-refractivity contribution in [3.05, 3.63) is 45.7 Å². The minimum Gasteiger partial charge on any atom is -0.319 e. The van der Waals surface area contributed by atoms with Crippen molar-refractivity contribution < 1.29 is 13.2 Å². The molecule has 2 N–H and O–H groups in total. The number of hydrogen-bond acceptors (Lipinski definition) is 4. The van der Waals surface area contributed by atoms with Gasteiger partial charge in [-0.2, -0.15) is 0 Å². The van der Waals surface area contributed by atoms with E-state index in [4.69, 9.17) is 5.73 Å². The number of nitrogens with two attached hydrogens (primary N) is 1. The summed E-state index contributed by atoms with van der Waals surface area (Å²) in [6.45, 7) is 1.97. The lowest BCUT2D eigenvalue weighted by Crippen LogP contribution is -2.15. The predicted molar refractivity (Wildman–Crippen MR) is 66.3 cm³/mol. The molecule has 1 aromatic heterocycles. The maximum atomic E-state index is 13.7. The third kappa shape index (κ3) is 2.62. The number of rotatable bonds is 4. The van der Waals surface area contributed by atoms with E-state index >= 15 is 0 Å². The summed E-state index contributed by atoms with van der Waals surface area (Å²) in [5.41, 5.74) is 6.49. The highest BCUT2D eigenvalue weighted by atomic mass is 32.1. The molecule has 0 radical (unpaired) electrons. The van der Waals surface area contributed by atoms with Crippen LogP contribution in [0.3, 0.4) is 0 Å². The first-order valence-corrected chi connectivity index (χ1v) is 6.53. The van der Waals surface area contributed by atoms with Crippen molar-refractivity contribution in [1.82, 2.24) is 9.59 Å². The van der Waals surface area contributed by atoms with Crippen molar-refractivity contribution in [2.45, 2.75) is 25.8 Å². The van der Waals surface area contributed by atoms with Gasteiger partial charge in [-0.1, -0.05) is 23.9 Å². The minimum absolute atomic E-state index is 0.0951. The fraction of sp³-hybridized carbons (Fsp3) is 0.333. The van der Waals surface area contributed by atoms with E-state index in [1.165, 1.54) is 0 Å². The van der Waals surface area contributed by atoms with Gasteiger partial charge >= 0.3 is 0 Å². The molecule has 1 unspecified atom stereocenters. The van der Waals surface area contributed by atoms with Crippen LogP contribution in [0.1, 0.15) is 35.5 Å². The summed E-state index contributed by atoms with van der Waals surface area (Å²) < 4.78 is 43.6. The molecule has 0 aliphatic rings. The smallest absolute Gasteiger partial charge is 0.194 e. The molecule has 0 saturated heterocycles. The average molecular weight is 287 g/mol. The van der Waals surface area contributed by atoms with Gasteiger partial charge in [0.05, 0.1) is 16.6 Å². The molecular formula is C12H12F3N3S. The number of benzene rings is 1. The lowest BCUT2D eigenvalue weighted by atomic mass is 10.0. The highest BCUT2D eigenvalue weighted by Crippen LogP contribution is 2.29. The van der Waals surface area contributed by atoms with Crippen LogP contribution < -0.4 is 5.73 Å². The van der Waals surface area contributed by atoms with Crippen LogP contribution in [0, 0.1) is 17.5 Å². The molecule has 7 heteroatoms. The molecule has 0 amide bonds. The van der Waals surface area contributed by atoms with Crippen molar-refractivity contribution in [3.8, 4) is 0 Å². The number of halogens is 3. The van der Waals surface area contributed by atoms with E-state index in [-0.39, 0.29) is 5.56 Å². The quantitative estimate of drug-likeness (QED) is 0.880. The maximum Gasteiger partial charge on any atom is 0.194 e. The predicted octanol–water partition coefficient (Wildman–Crippen LogP) is 2.96. The Bertz CT molecular complexity index is 586. The molecule has 2 aromatic rings. The van der Waals surface area contributed by atoms with Gasteiger partial charge in [0.15, 0.2) is 17.5 Å². The van der Waals surface area contributed by atoms with Gasteiger partial charge in [0, 0.05) is 5.56 Å². The maximum absolute atomic E-state index is 13.7. The van der Waals surface area contributed by atoms with Gasteiger partial charge in [0.1, 0.15) is 0 Å². The van der Waals surface area contributed by atoms with Crippen LogP contribution in [-0.2, 0) is 6.42 Å². The molecule has 0 bridgehead atoms. The second-order valence-electron chi connectivity index (χ2n) is 4.08. The first kappa shape index (κ1) is 14.0. The van der Waals surface area contributed by atoms with E-state index in [1.54, 1.807) is 0 Å². The monoisotopic (exact) mass is 287 g/mol. The van der Waals surface area contributed by atoms with E-state index in [0.717, 1.165) is 30.1 Å². The largest absolute Gasteiger partial charge is 0.319 e. The fourth-order valence-electron chi connectivity index (χ4n) is 1.78. The fourth-order valence-corrected chi connectivity index (χ4v) is 2.50. The first-order chi connectivity index (χ1) is 9.06. The number of aromatic nitrogens is 2. The van der Waals surface area contributed by atoms with E-state index in [0.29, 0.717) is 17.0 Å². The lowest BCUT2D eigenvalue weighted by molar-refractivity contribution is 0.438. The van der Waals surface area contributed by atoms with Gasteiger partial charge < -0.3 is 5.73 Å². The molecule has 19 heavy (non-hydrogen) atoms. The highest BCUT2D eigenvalue weighted by Gasteiger charge is 2.23. The average Bonchev–Trinajstić information content (AvgIpc) is 2.84. The zero-order valence-corrected chi connectivity index (χ0v) is 11.0. The summed E-state index contributed by atoms with van der Waals surface area (Å²) in [5, 5.41) is 3.92. The second kappa shape index (κ2) is 5.66. The highest BCUT2D eigenvalue weighted by molar-refractivity contribution is 7.05. The van der Waals surface area contributed by atoms with E-state index in [9.17, 15) is 13.2 Å². The van der Waals surface area contributed by atoms with Crippen LogP contribution in [0.25, 0.3) is 0 Å². The summed E-state index contributed by atoms with van der Waals surface area (Å²) in [7, 11) is 0. The molecule has 1 atom stereocenters. The van der Waals surface area contributed by atoms with Crippen molar-refractivity contribution >= 4 is 11.5 Å². The van der Waals surface area contributed by atoms with Crippen molar-refractivity contribution in [2.75, 3.05) is 0 Å². The Morgan fingerprint density at radius 1 is 1.26 bits per heavy atom. The molecule has 3 nitrogen and oxygen atoms in total. The Morgan fingerprint density at radius 2 is 2.00 bits per heavy atom. The Morgan fingerprint density at radius 3 is 2.68 bits per heavy atom. The second-order valence-corrected chi connectivity index (χ2v) is 4.86. The zero-order chi connectivity index (χ0) is 14.0. The number of aryl methyl sites for hydroxylation is 1. The third-order valence-corrected chi connectivity index (χ3v) is 3.60.